The van der Waals surface area contributed by atoms with Crippen LogP contribution >= 0.6 is 12.4 Å². The van der Waals surface area contributed by atoms with Crippen LogP contribution in [0.5, 0.6) is 0 Å². The van der Waals surface area contributed by atoms with Crippen LogP contribution in [0.2, 0.25) is 0 Å². The molecule has 1 aliphatic heterocycles. The molecule has 0 unspecified atom stereocenters. The summed E-state index contributed by atoms with van der Waals surface area (Å²) in [6.45, 7) is 3.65. The molecule has 3 nitrogen and oxygen atoms in total. The van der Waals surface area contributed by atoms with Gasteiger partial charge in [0.2, 0.25) is 5.91 Å². The van der Waals surface area contributed by atoms with E-state index in [2.05, 4.69) is 5.32 Å². The molecule has 0 radical (unpaired) electrons. The molecule has 0 bridgehead atoms. The van der Waals surface area contributed by atoms with Crippen LogP contribution in [0.4, 0.5) is 5.69 Å². The lowest BCUT2D eigenvalue weighted by molar-refractivity contribution is -0.117. The first-order valence-corrected chi connectivity index (χ1v) is 5.84. The standard InChI is InChI=1S/C13H18N2O.ClH/c1-11(16)15(12-5-3-2-4-6-12)13-7-9-14-10-8-13;/h2-6,13-14H,7-10H2,1H3;1H. The topological polar surface area (TPSA) is 32.3 Å². The van der Waals surface area contributed by atoms with E-state index in [4.69, 9.17) is 0 Å². The zero-order valence-corrected chi connectivity index (χ0v) is 10.9. The van der Waals surface area contributed by atoms with Crippen molar-refractivity contribution in [3.8, 4) is 0 Å². The Morgan fingerprint density at radius 3 is 2.35 bits per heavy atom. The SMILES string of the molecule is CC(=O)N(c1ccccc1)C1CCNCC1.Cl. The fourth-order valence-corrected chi connectivity index (χ4v) is 2.30. The van der Waals surface area contributed by atoms with Crippen molar-refractivity contribution in [3.63, 3.8) is 0 Å². The molecule has 1 saturated heterocycles. The number of carbonyl (C=O) groups excluding carboxylic acids is 1. The summed E-state index contributed by atoms with van der Waals surface area (Å²) in [5.74, 6) is 0.137. The summed E-state index contributed by atoms with van der Waals surface area (Å²) in [7, 11) is 0. The molecule has 1 aliphatic rings. The Morgan fingerprint density at radius 1 is 1.24 bits per heavy atom. The first kappa shape index (κ1) is 14.0. The lowest BCUT2D eigenvalue weighted by Crippen LogP contribution is -2.45. The van der Waals surface area contributed by atoms with Crippen molar-refractivity contribution in [1.29, 1.82) is 0 Å². The molecule has 94 valence electrons. The second-order valence-electron chi connectivity index (χ2n) is 4.21. The Balaban J connectivity index is 0.00000144. The van der Waals surface area contributed by atoms with Gasteiger partial charge in [-0.25, -0.2) is 0 Å². The third-order valence-electron chi connectivity index (χ3n) is 3.05. The van der Waals surface area contributed by atoms with Crippen molar-refractivity contribution in [1.82, 2.24) is 5.32 Å². The average Bonchev–Trinajstić information content (AvgIpc) is 2.31. The predicted molar refractivity (Wildman–Crippen MR) is 72.7 cm³/mol. The minimum Gasteiger partial charge on any atom is -0.317 e. The molecule has 0 atom stereocenters. The summed E-state index contributed by atoms with van der Waals surface area (Å²) in [5, 5.41) is 3.32. The van der Waals surface area contributed by atoms with Crippen molar-refractivity contribution in [2.75, 3.05) is 18.0 Å². The Morgan fingerprint density at radius 2 is 1.82 bits per heavy atom. The zero-order chi connectivity index (χ0) is 11.4. The molecule has 1 aromatic carbocycles. The van der Waals surface area contributed by atoms with Gasteiger partial charge in [0.05, 0.1) is 0 Å². The van der Waals surface area contributed by atoms with Gasteiger partial charge in [0.1, 0.15) is 0 Å². The molecule has 0 spiro atoms. The lowest BCUT2D eigenvalue weighted by atomic mass is 10.0. The first-order valence-electron chi connectivity index (χ1n) is 5.84. The number of nitrogens with zero attached hydrogens (tertiary/aromatic N) is 1. The average molecular weight is 255 g/mol. The highest BCUT2D eigenvalue weighted by Crippen LogP contribution is 2.21. The number of carbonyl (C=O) groups is 1. The highest BCUT2D eigenvalue weighted by Gasteiger charge is 2.23. The summed E-state index contributed by atoms with van der Waals surface area (Å²) in [4.78, 5) is 13.7. The summed E-state index contributed by atoms with van der Waals surface area (Å²) in [6.07, 6.45) is 2.07. The molecule has 0 aliphatic carbocycles. The maximum absolute atomic E-state index is 11.7. The number of hydrogen-bond donors (Lipinski definition) is 1. The van der Waals surface area contributed by atoms with Crippen molar-refractivity contribution in [2.24, 2.45) is 0 Å². The van der Waals surface area contributed by atoms with Crippen LogP contribution in [0.3, 0.4) is 0 Å². The maximum Gasteiger partial charge on any atom is 0.224 e. The van der Waals surface area contributed by atoms with Gasteiger partial charge in [-0.3, -0.25) is 4.79 Å². The van der Waals surface area contributed by atoms with Crippen LogP contribution in [-0.2, 0) is 4.79 Å². The monoisotopic (exact) mass is 254 g/mol. The van der Waals surface area contributed by atoms with Gasteiger partial charge in [0.15, 0.2) is 0 Å². The Bertz CT molecular complexity index is 350. The van der Waals surface area contributed by atoms with E-state index in [-0.39, 0.29) is 18.3 Å². The third kappa shape index (κ3) is 3.45. The van der Waals surface area contributed by atoms with E-state index in [0.717, 1.165) is 31.6 Å². The maximum atomic E-state index is 11.7. The van der Waals surface area contributed by atoms with E-state index in [1.54, 1.807) is 6.92 Å². The van der Waals surface area contributed by atoms with Gasteiger partial charge >= 0.3 is 0 Å². The molecule has 1 N–H and O–H groups in total. The predicted octanol–water partition coefficient (Wildman–Crippen LogP) is 2.21. The number of para-hydroxylation sites is 1. The van der Waals surface area contributed by atoms with Crippen LogP contribution in [0.25, 0.3) is 0 Å². The van der Waals surface area contributed by atoms with Gasteiger partial charge < -0.3 is 10.2 Å². The van der Waals surface area contributed by atoms with Gasteiger partial charge in [0.25, 0.3) is 0 Å². The molecule has 0 aromatic heterocycles. The van der Waals surface area contributed by atoms with E-state index in [1.807, 2.05) is 35.2 Å². The number of benzene rings is 1. The summed E-state index contributed by atoms with van der Waals surface area (Å²) >= 11 is 0. The van der Waals surface area contributed by atoms with E-state index in [9.17, 15) is 4.79 Å². The van der Waals surface area contributed by atoms with Crippen molar-refractivity contribution < 1.29 is 4.79 Å². The van der Waals surface area contributed by atoms with Gasteiger partial charge in [-0.15, -0.1) is 12.4 Å². The highest BCUT2D eigenvalue weighted by atomic mass is 35.5. The molecule has 1 amide bonds. The van der Waals surface area contributed by atoms with E-state index in [0.29, 0.717) is 6.04 Å². The zero-order valence-electron chi connectivity index (χ0n) is 10.1. The van der Waals surface area contributed by atoms with E-state index in [1.165, 1.54) is 0 Å². The molecular formula is C13H19ClN2O. The van der Waals surface area contributed by atoms with Gasteiger partial charge in [-0.05, 0) is 38.1 Å². The largest absolute Gasteiger partial charge is 0.317 e. The van der Waals surface area contributed by atoms with Crippen LogP contribution in [0.15, 0.2) is 30.3 Å². The molecule has 1 aromatic rings. The Labute approximate surface area is 109 Å². The minimum atomic E-state index is 0. The van der Waals surface area contributed by atoms with Gasteiger partial charge in [0, 0.05) is 18.7 Å². The molecule has 17 heavy (non-hydrogen) atoms. The molecule has 4 heteroatoms. The van der Waals surface area contributed by atoms with Crippen LogP contribution in [-0.4, -0.2) is 25.0 Å². The second-order valence-corrected chi connectivity index (χ2v) is 4.21. The third-order valence-corrected chi connectivity index (χ3v) is 3.05. The first-order chi connectivity index (χ1) is 7.79. The number of hydrogen-bond acceptors (Lipinski definition) is 2. The van der Waals surface area contributed by atoms with E-state index < -0.39 is 0 Å². The van der Waals surface area contributed by atoms with Gasteiger partial charge in [-0.2, -0.15) is 0 Å². The number of anilines is 1. The number of piperidine rings is 1. The van der Waals surface area contributed by atoms with E-state index >= 15 is 0 Å². The lowest BCUT2D eigenvalue weighted by Gasteiger charge is -2.34. The second kappa shape index (κ2) is 6.62. The van der Waals surface area contributed by atoms with Crippen molar-refractivity contribution in [2.45, 2.75) is 25.8 Å². The summed E-state index contributed by atoms with van der Waals surface area (Å²) in [6, 6.07) is 10.3. The Hall–Kier alpha value is -1.06. The number of halogens is 1. The van der Waals surface area contributed by atoms with Crippen molar-refractivity contribution >= 4 is 24.0 Å². The highest BCUT2D eigenvalue weighted by molar-refractivity contribution is 5.92. The fourth-order valence-electron chi connectivity index (χ4n) is 2.30. The van der Waals surface area contributed by atoms with Crippen LogP contribution in [0.1, 0.15) is 19.8 Å². The molecule has 1 heterocycles. The molecule has 1 fully saturated rings. The van der Waals surface area contributed by atoms with Gasteiger partial charge in [-0.1, -0.05) is 18.2 Å². The normalized spacial score (nSPS) is 16.1. The quantitative estimate of drug-likeness (QED) is 0.878. The molecule has 0 saturated carbocycles. The van der Waals surface area contributed by atoms with Crippen LogP contribution in [0, 0.1) is 0 Å². The number of nitrogens with one attached hydrogen (secondary N) is 1. The molecule has 2 rings (SSSR count). The smallest absolute Gasteiger partial charge is 0.224 e. The number of rotatable bonds is 2. The summed E-state index contributed by atoms with van der Waals surface area (Å²) < 4.78 is 0. The van der Waals surface area contributed by atoms with Crippen molar-refractivity contribution in [3.05, 3.63) is 30.3 Å². The Kier molecular flexibility index (Phi) is 5.45. The minimum absolute atomic E-state index is 0. The van der Waals surface area contributed by atoms with Crippen LogP contribution < -0.4 is 10.2 Å². The summed E-state index contributed by atoms with van der Waals surface area (Å²) in [5.41, 5.74) is 1.02. The number of amides is 1. The molecular weight excluding hydrogens is 236 g/mol. The fraction of sp³-hybridized carbons (Fsp3) is 0.462.